The molecule has 0 aliphatic carbocycles. The number of hydrogen-bond acceptors (Lipinski definition) is 3. The van der Waals surface area contributed by atoms with Gasteiger partial charge in [-0.05, 0) is 37.1 Å². The lowest BCUT2D eigenvalue weighted by molar-refractivity contribution is 0.414. The van der Waals surface area contributed by atoms with Gasteiger partial charge in [-0.1, -0.05) is 12.1 Å². The van der Waals surface area contributed by atoms with E-state index in [1.807, 2.05) is 24.7 Å². The van der Waals surface area contributed by atoms with Gasteiger partial charge >= 0.3 is 0 Å². The van der Waals surface area contributed by atoms with Crippen LogP contribution >= 0.6 is 0 Å². The molecule has 1 aliphatic rings. The largest absolute Gasteiger partial charge is 0.497 e. The molecule has 0 bridgehead atoms. The Kier molecular flexibility index (Phi) is 4.02. The highest BCUT2D eigenvalue weighted by Gasteiger charge is 2.19. The van der Waals surface area contributed by atoms with Crippen molar-refractivity contribution in [3.8, 4) is 5.75 Å². The molecule has 2 aromatic rings. The molecule has 3 rings (SSSR count). The second kappa shape index (κ2) is 6.09. The number of nitrogens with zero attached hydrogens (tertiary/aromatic N) is 2. The lowest BCUT2D eigenvalue weighted by Crippen LogP contribution is -2.12. The van der Waals surface area contributed by atoms with Crippen molar-refractivity contribution in [1.82, 2.24) is 14.9 Å². The summed E-state index contributed by atoms with van der Waals surface area (Å²) in [5.41, 5.74) is 2.69. The summed E-state index contributed by atoms with van der Waals surface area (Å²) >= 11 is 0. The van der Waals surface area contributed by atoms with Gasteiger partial charge in [-0.15, -0.1) is 0 Å². The van der Waals surface area contributed by atoms with Crippen molar-refractivity contribution in [2.75, 3.05) is 20.2 Å². The average Bonchev–Trinajstić information content (AvgIpc) is 3.16. The molecule has 1 saturated heterocycles. The Hall–Kier alpha value is -1.81. The van der Waals surface area contributed by atoms with Crippen molar-refractivity contribution in [2.45, 2.75) is 25.3 Å². The van der Waals surface area contributed by atoms with Crippen molar-refractivity contribution in [3.63, 3.8) is 0 Å². The van der Waals surface area contributed by atoms with Crippen LogP contribution in [-0.4, -0.2) is 29.8 Å². The van der Waals surface area contributed by atoms with Gasteiger partial charge in [0.15, 0.2) is 0 Å². The first kappa shape index (κ1) is 13.2. The standard InChI is InChI=1S/C16H21N3O/c1-20-15-4-2-13(3-5-15)7-9-19-12-18-11-16(19)14-6-8-17-10-14/h2-5,11-12,14,17H,6-10H2,1H3. The van der Waals surface area contributed by atoms with Crippen molar-refractivity contribution >= 4 is 0 Å². The normalized spacial score (nSPS) is 18.4. The third kappa shape index (κ3) is 2.85. The number of methoxy groups -OCH3 is 1. The van der Waals surface area contributed by atoms with E-state index >= 15 is 0 Å². The summed E-state index contributed by atoms with van der Waals surface area (Å²) in [6.07, 6.45) is 6.21. The summed E-state index contributed by atoms with van der Waals surface area (Å²) in [6, 6.07) is 8.30. The number of hydrogen-bond donors (Lipinski definition) is 1. The molecule has 20 heavy (non-hydrogen) atoms. The van der Waals surface area contributed by atoms with Crippen molar-refractivity contribution in [2.24, 2.45) is 0 Å². The Balaban J connectivity index is 1.64. The van der Waals surface area contributed by atoms with Crippen LogP contribution in [0.25, 0.3) is 0 Å². The fraction of sp³-hybridized carbons (Fsp3) is 0.438. The summed E-state index contributed by atoms with van der Waals surface area (Å²) < 4.78 is 7.48. The Bertz CT molecular complexity index is 541. The Morgan fingerprint density at radius 1 is 1.35 bits per heavy atom. The third-order valence-corrected chi connectivity index (χ3v) is 4.02. The zero-order chi connectivity index (χ0) is 13.8. The minimum Gasteiger partial charge on any atom is -0.497 e. The van der Waals surface area contributed by atoms with Crippen LogP contribution < -0.4 is 10.1 Å². The highest BCUT2D eigenvalue weighted by Crippen LogP contribution is 2.22. The number of imidazole rings is 1. The quantitative estimate of drug-likeness (QED) is 0.906. The Labute approximate surface area is 119 Å². The van der Waals surface area contributed by atoms with Gasteiger partial charge in [0.1, 0.15) is 5.75 Å². The van der Waals surface area contributed by atoms with E-state index in [0.717, 1.165) is 31.8 Å². The van der Waals surface area contributed by atoms with Crippen molar-refractivity contribution in [1.29, 1.82) is 0 Å². The number of aromatic nitrogens is 2. The zero-order valence-electron chi connectivity index (χ0n) is 11.9. The van der Waals surface area contributed by atoms with Crippen molar-refractivity contribution in [3.05, 3.63) is 48.0 Å². The van der Waals surface area contributed by atoms with Gasteiger partial charge in [0, 0.05) is 30.9 Å². The summed E-state index contributed by atoms with van der Waals surface area (Å²) in [5, 5.41) is 3.42. The van der Waals surface area contributed by atoms with E-state index in [1.165, 1.54) is 17.7 Å². The van der Waals surface area contributed by atoms with E-state index in [4.69, 9.17) is 4.74 Å². The minimum atomic E-state index is 0.619. The Morgan fingerprint density at radius 3 is 2.90 bits per heavy atom. The maximum absolute atomic E-state index is 5.18. The summed E-state index contributed by atoms with van der Waals surface area (Å²) in [7, 11) is 1.70. The van der Waals surface area contributed by atoms with Gasteiger partial charge in [-0.3, -0.25) is 0 Å². The summed E-state index contributed by atoms with van der Waals surface area (Å²) in [6.45, 7) is 3.18. The molecule has 1 aromatic carbocycles. The zero-order valence-corrected chi connectivity index (χ0v) is 11.9. The van der Waals surface area contributed by atoms with Crippen LogP contribution in [0.15, 0.2) is 36.8 Å². The molecule has 106 valence electrons. The van der Waals surface area contributed by atoms with Gasteiger partial charge in [0.2, 0.25) is 0 Å². The predicted octanol–water partition coefficient (Wildman–Crippen LogP) is 2.21. The van der Waals surface area contributed by atoms with Gasteiger partial charge < -0.3 is 14.6 Å². The molecular formula is C16H21N3O. The molecular weight excluding hydrogens is 250 g/mol. The number of benzene rings is 1. The lowest BCUT2D eigenvalue weighted by atomic mass is 10.1. The second-order valence-corrected chi connectivity index (χ2v) is 5.30. The van der Waals surface area contributed by atoms with Gasteiger partial charge in [-0.25, -0.2) is 4.98 Å². The minimum absolute atomic E-state index is 0.619. The van der Waals surface area contributed by atoms with Crippen LogP contribution in [0.4, 0.5) is 0 Å². The molecule has 0 saturated carbocycles. The molecule has 1 aliphatic heterocycles. The summed E-state index contributed by atoms with van der Waals surface area (Å²) in [4.78, 5) is 4.32. The average molecular weight is 271 g/mol. The number of ether oxygens (including phenoxy) is 1. The molecule has 2 heterocycles. The number of rotatable bonds is 5. The van der Waals surface area contributed by atoms with E-state index in [2.05, 4.69) is 27.0 Å². The van der Waals surface area contributed by atoms with Gasteiger partial charge in [-0.2, -0.15) is 0 Å². The fourth-order valence-electron chi connectivity index (χ4n) is 2.81. The second-order valence-electron chi connectivity index (χ2n) is 5.30. The van der Waals surface area contributed by atoms with Gasteiger partial charge in [0.05, 0.1) is 13.4 Å². The van der Waals surface area contributed by atoms with Crippen LogP contribution in [0.5, 0.6) is 5.75 Å². The Morgan fingerprint density at radius 2 is 2.20 bits per heavy atom. The number of aryl methyl sites for hydroxylation is 2. The molecule has 1 atom stereocenters. The first-order valence-corrected chi connectivity index (χ1v) is 7.20. The summed E-state index contributed by atoms with van der Waals surface area (Å²) in [5.74, 6) is 1.53. The molecule has 1 aromatic heterocycles. The topological polar surface area (TPSA) is 39.1 Å². The maximum atomic E-state index is 5.18. The van der Waals surface area contributed by atoms with Crippen LogP contribution in [-0.2, 0) is 13.0 Å². The molecule has 0 amide bonds. The van der Waals surface area contributed by atoms with E-state index in [-0.39, 0.29) is 0 Å². The molecule has 4 heteroatoms. The van der Waals surface area contributed by atoms with Crippen LogP contribution in [0.2, 0.25) is 0 Å². The van der Waals surface area contributed by atoms with Gasteiger partial charge in [0.25, 0.3) is 0 Å². The predicted molar refractivity (Wildman–Crippen MR) is 79.2 cm³/mol. The first-order chi connectivity index (χ1) is 9.86. The highest BCUT2D eigenvalue weighted by molar-refractivity contribution is 5.27. The smallest absolute Gasteiger partial charge is 0.118 e. The molecule has 0 spiro atoms. The number of nitrogens with one attached hydrogen (secondary N) is 1. The lowest BCUT2D eigenvalue weighted by Gasteiger charge is -2.13. The molecule has 1 unspecified atom stereocenters. The molecule has 1 fully saturated rings. The van der Waals surface area contributed by atoms with Crippen LogP contribution in [0, 0.1) is 0 Å². The van der Waals surface area contributed by atoms with Crippen LogP contribution in [0.3, 0.4) is 0 Å². The monoisotopic (exact) mass is 271 g/mol. The molecule has 1 N–H and O–H groups in total. The third-order valence-electron chi connectivity index (χ3n) is 4.02. The van der Waals surface area contributed by atoms with Crippen LogP contribution in [0.1, 0.15) is 23.6 Å². The maximum Gasteiger partial charge on any atom is 0.118 e. The first-order valence-electron chi connectivity index (χ1n) is 7.20. The fourth-order valence-corrected chi connectivity index (χ4v) is 2.81. The molecule has 4 nitrogen and oxygen atoms in total. The van der Waals surface area contributed by atoms with E-state index in [9.17, 15) is 0 Å². The SMILES string of the molecule is COc1ccc(CCn2cncc2C2CCNC2)cc1. The molecule has 0 radical (unpaired) electrons. The van der Waals surface area contributed by atoms with E-state index in [0.29, 0.717) is 5.92 Å². The van der Waals surface area contributed by atoms with Crippen molar-refractivity contribution < 1.29 is 4.74 Å². The van der Waals surface area contributed by atoms with E-state index in [1.54, 1.807) is 7.11 Å². The van der Waals surface area contributed by atoms with E-state index < -0.39 is 0 Å². The highest BCUT2D eigenvalue weighted by atomic mass is 16.5.